The highest BCUT2D eigenvalue weighted by Crippen LogP contribution is 2.28. The number of anilines is 2. The van der Waals surface area contributed by atoms with Crippen molar-refractivity contribution < 1.29 is 4.79 Å². The van der Waals surface area contributed by atoms with Crippen LogP contribution in [0, 0.1) is 0 Å². The number of rotatable bonds is 6. The molecular weight excluding hydrogens is 437 g/mol. The molecule has 0 bridgehead atoms. The summed E-state index contributed by atoms with van der Waals surface area (Å²) in [6.07, 6.45) is 0.406. The topological polar surface area (TPSA) is 35.6 Å². The van der Waals surface area contributed by atoms with E-state index in [2.05, 4.69) is 21.2 Å². The van der Waals surface area contributed by atoms with Gasteiger partial charge in [0.1, 0.15) is 0 Å². The van der Waals surface area contributed by atoms with Gasteiger partial charge in [0.05, 0.1) is 27.8 Å². The van der Waals surface area contributed by atoms with E-state index in [1.807, 2.05) is 53.9 Å². The molecule has 30 heavy (non-hydrogen) atoms. The molecule has 0 spiro atoms. The SMILES string of the molecule is O=C(Cc1cccs1)Nc1ccccc1N1CCN(Cc2ccc(Cl)c(Cl)c2)CC1. The molecule has 0 radical (unpaired) electrons. The van der Waals surface area contributed by atoms with Crippen molar-refractivity contribution in [1.82, 2.24) is 4.90 Å². The standard InChI is InChI=1S/C23H23Cl2N3OS/c24-19-8-7-17(14-20(19)25)16-27-9-11-28(12-10-27)22-6-2-1-5-21(22)26-23(29)15-18-4-3-13-30-18/h1-8,13-14H,9-12,15-16H2,(H,26,29). The number of piperazine rings is 1. The van der Waals surface area contributed by atoms with Crippen molar-refractivity contribution in [3.8, 4) is 0 Å². The first kappa shape index (κ1) is 21.2. The predicted molar refractivity (Wildman–Crippen MR) is 127 cm³/mol. The summed E-state index contributed by atoms with van der Waals surface area (Å²) < 4.78 is 0. The monoisotopic (exact) mass is 459 g/mol. The van der Waals surface area contributed by atoms with Crippen molar-refractivity contribution in [1.29, 1.82) is 0 Å². The summed E-state index contributed by atoms with van der Waals surface area (Å²) in [5.41, 5.74) is 3.11. The normalized spacial score (nSPS) is 14.7. The molecule has 0 aliphatic carbocycles. The van der Waals surface area contributed by atoms with E-state index in [1.54, 1.807) is 11.3 Å². The number of hydrogen-bond acceptors (Lipinski definition) is 4. The Labute approximate surface area is 191 Å². The van der Waals surface area contributed by atoms with E-state index in [1.165, 1.54) is 5.56 Å². The smallest absolute Gasteiger partial charge is 0.229 e. The van der Waals surface area contributed by atoms with Gasteiger partial charge in [0, 0.05) is 37.6 Å². The highest BCUT2D eigenvalue weighted by Gasteiger charge is 2.20. The molecule has 1 saturated heterocycles. The summed E-state index contributed by atoms with van der Waals surface area (Å²) in [4.78, 5) is 18.3. The van der Waals surface area contributed by atoms with Crippen LogP contribution in [0.1, 0.15) is 10.4 Å². The molecule has 1 N–H and O–H groups in total. The lowest BCUT2D eigenvalue weighted by Crippen LogP contribution is -2.46. The van der Waals surface area contributed by atoms with E-state index in [-0.39, 0.29) is 5.91 Å². The van der Waals surface area contributed by atoms with Gasteiger partial charge in [-0.3, -0.25) is 9.69 Å². The molecule has 4 nitrogen and oxygen atoms in total. The van der Waals surface area contributed by atoms with E-state index in [9.17, 15) is 4.79 Å². The number of amides is 1. The lowest BCUT2D eigenvalue weighted by Gasteiger charge is -2.37. The van der Waals surface area contributed by atoms with Crippen LogP contribution in [0.2, 0.25) is 10.0 Å². The van der Waals surface area contributed by atoms with Crippen LogP contribution in [0.15, 0.2) is 60.0 Å². The van der Waals surface area contributed by atoms with E-state index in [0.29, 0.717) is 16.5 Å². The Balaban J connectivity index is 1.36. The van der Waals surface area contributed by atoms with E-state index >= 15 is 0 Å². The van der Waals surface area contributed by atoms with Crippen molar-refractivity contribution in [2.24, 2.45) is 0 Å². The van der Waals surface area contributed by atoms with Gasteiger partial charge in [-0.05, 0) is 41.3 Å². The van der Waals surface area contributed by atoms with Gasteiger partial charge in [0.2, 0.25) is 5.91 Å². The Morgan fingerprint density at radius 1 is 0.967 bits per heavy atom. The summed E-state index contributed by atoms with van der Waals surface area (Å²) in [5, 5.41) is 6.27. The van der Waals surface area contributed by atoms with Crippen molar-refractivity contribution in [3.63, 3.8) is 0 Å². The molecule has 4 rings (SSSR count). The zero-order valence-electron chi connectivity index (χ0n) is 16.5. The number of nitrogens with zero attached hydrogens (tertiary/aromatic N) is 2. The van der Waals surface area contributed by atoms with Gasteiger partial charge in [-0.2, -0.15) is 0 Å². The first-order valence-corrected chi connectivity index (χ1v) is 11.5. The molecule has 7 heteroatoms. The Morgan fingerprint density at radius 2 is 1.77 bits per heavy atom. The Kier molecular flexibility index (Phi) is 6.95. The number of benzene rings is 2. The molecule has 1 aliphatic rings. The fraction of sp³-hybridized carbons (Fsp3) is 0.261. The van der Waals surface area contributed by atoms with Crippen LogP contribution in [0.4, 0.5) is 11.4 Å². The third-order valence-electron chi connectivity index (χ3n) is 5.20. The molecule has 1 aliphatic heterocycles. The molecule has 0 atom stereocenters. The average molecular weight is 460 g/mol. The number of carbonyl (C=O) groups excluding carboxylic acids is 1. The van der Waals surface area contributed by atoms with Crippen LogP contribution in [0.5, 0.6) is 0 Å². The Hall–Kier alpha value is -2.05. The van der Waals surface area contributed by atoms with Crippen LogP contribution < -0.4 is 10.2 Å². The van der Waals surface area contributed by atoms with Gasteiger partial charge in [-0.1, -0.05) is 47.5 Å². The maximum absolute atomic E-state index is 12.5. The van der Waals surface area contributed by atoms with E-state index in [0.717, 1.165) is 49.0 Å². The molecule has 0 unspecified atom stereocenters. The summed E-state index contributed by atoms with van der Waals surface area (Å²) in [5.74, 6) is 0.0168. The van der Waals surface area contributed by atoms with Crippen LogP contribution in [0.25, 0.3) is 0 Å². The zero-order valence-corrected chi connectivity index (χ0v) is 18.8. The number of thiophene rings is 1. The molecule has 0 saturated carbocycles. The summed E-state index contributed by atoms with van der Waals surface area (Å²) in [6.45, 7) is 4.54. The van der Waals surface area contributed by atoms with Crippen molar-refractivity contribution in [2.75, 3.05) is 36.4 Å². The minimum Gasteiger partial charge on any atom is -0.367 e. The van der Waals surface area contributed by atoms with Gasteiger partial charge in [-0.15, -0.1) is 11.3 Å². The Morgan fingerprint density at radius 3 is 2.50 bits per heavy atom. The third-order valence-corrected chi connectivity index (χ3v) is 6.81. The van der Waals surface area contributed by atoms with Gasteiger partial charge in [-0.25, -0.2) is 0 Å². The van der Waals surface area contributed by atoms with E-state index < -0.39 is 0 Å². The van der Waals surface area contributed by atoms with Crippen molar-refractivity contribution >= 4 is 51.8 Å². The second-order valence-corrected chi connectivity index (χ2v) is 9.18. The third kappa shape index (κ3) is 5.35. The number of hydrogen-bond donors (Lipinski definition) is 1. The Bertz CT molecular complexity index is 1000. The quantitative estimate of drug-likeness (QED) is 0.523. The maximum atomic E-state index is 12.5. The molecular formula is C23H23Cl2N3OS. The second-order valence-electron chi connectivity index (χ2n) is 7.33. The van der Waals surface area contributed by atoms with Crippen molar-refractivity contribution in [3.05, 3.63) is 80.5 Å². The average Bonchev–Trinajstić information content (AvgIpc) is 3.25. The number of para-hydroxylation sites is 2. The summed E-state index contributed by atoms with van der Waals surface area (Å²) in [6, 6.07) is 17.8. The fourth-order valence-electron chi connectivity index (χ4n) is 3.66. The predicted octanol–water partition coefficient (Wildman–Crippen LogP) is 5.56. The molecule has 156 valence electrons. The summed E-state index contributed by atoms with van der Waals surface area (Å²) in [7, 11) is 0. The largest absolute Gasteiger partial charge is 0.367 e. The maximum Gasteiger partial charge on any atom is 0.229 e. The summed E-state index contributed by atoms with van der Waals surface area (Å²) >= 11 is 13.8. The number of nitrogens with one attached hydrogen (secondary N) is 1. The lowest BCUT2D eigenvalue weighted by atomic mass is 10.1. The van der Waals surface area contributed by atoms with Crippen LogP contribution in [-0.2, 0) is 17.8 Å². The first-order valence-electron chi connectivity index (χ1n) is 9.91. The minimum atomic E-state index is 0.0168. The van der Waals surface area contributed by atoms with E-state index in [4.69, 9.17) is 23.2 Å². The van der Waals surface area contributed by atoms with Crippen LogP contribution in [0.3, 0.4) is 0 Å². The molecule has 1 aromatic heterocycles. The molecule has 2 aromatic carbocycles. The van der Waals surface area contributed by atoms with Crippen LogP contribution in [-0.4, -0.2) is 37.0 Å². The number of halogens is 2. The zero-order chi connectivity index (χ0) is 20.9. The molecule has 2 heterocycles. The second kappa shape index (κ2) is 9.84. The minimum absolute atomic E-state index is 0.0168. The van der Waals surface area contributed by atoms with Gasteiger partial charge < -0.3 is 10.2 Å². The van der Waals surface area contributed by atoms with Gasteiger partial charge in [0.15, 0.2) is 0 Å². The highest BCUT2D eigenvalue weighted by atomic mass is 35.5. The van der Waals surface area contributed by atoms with Crippen molar-refractivity contribution in [2.45, 2.75) is 13.0 Å². The number of carbonyl (C=O) groups is 1. The lowest BCUT2D eigenvalue weighted by molar-refractivity contribution is -0.115. The van der Waals surface area contributed by atoms with Gasteiger partial charge in [0.25, 0.3) is 0 Å². The first-order chi connectivity index (χ1) is 14.6. The fourth-order valence-corrected chi connectivity index (χ4v) is 4.69. The van der Waals surface area contributed by atoms with Gasteiger partial charge >= 0.3 is 0 Å². The van der Waals surface area contributed by atoms with Crippen LogP contribution >= 0.6 is 34.5 Å². The highest BCUT2D eigenvalue weighted by molar-refractivity contribution is 7.10. The molecule has 3 aromatic rings. The molecule has 1 amide bonds. The molecule has 1 fully saturated rings.